The monoisotopic (exact) mass is 387 g/mol. The van der Waals surface area contributed by atoms with Crippen molar-refractivity contribution in [2.75, 3.05) is 5.32 Å². The van der Waals surface area contributed by atoms with Crippen molar-refractivity contribution in [3.05, 3.63) is 64.1 Å². The molecule has 0 aliphatic rings. The third-order valence-corrected chi connectivity index (χ3v) is 4.32. The van der Waals surface area contributed by atoms with Crippen LogP contribution >= 0.6 is 15.9 Å². The third-order valence-electron chi connectivity index (χ3n) is 3.74. The van der Waals surface area contributed by atoms with Gasteiger partial charge in [-0.3, -0.25) is 14.2 Å². The molecule has 0 radical (unpaired) electrons. The number of benzene rings is 1. The van der Waals surface area contributed by atoms with Crippen LogP contribution in [0.25, 0.3) is 0 Å². The highest BCUT2D eigenvalue weighted by Gasteiger charge is 2.15. The van der Waals surface area contributed by atoms with Crippen molar-refractivity contribution in [2.24, 2.45) is 0 Å². The van der Waals surface area contributed by atoms with Gasteiger partial charge in [-0.1, -0.05) is 24.3 Å². The maximum Gasteiger partial charge on any atom is 0.277 e. The predicted molar refractivity (Wildman–Crippen MR) is 96.1 cm³/mol. The minimum Gasteiger partial charge on any atom is -0.318 e. The van der Waals surface area contributed by atoms with Gasteiger partial charge in [-0.25, -0.2) is 0 Å². The largest absolute Gasteiger partial charge is 0.318 e. The van der Waals surface area contributed by atoms with Gasteiger partial charge in [0.25, 0.3) is 5.91 Å². The number of hydrogen-bond acceptors (Lipinski definition) is 3. The summed E-state index contributed by atoms with van der Waals surface area (Å²) in [7, 11) is 0. The van der Waals surface area contributed by atoms with Crippen molar-refractivity contribution in [1.29, 1.82) is 0 Å². The van der Waals surface area contributed by atoms with Crippen molar-refractivity contribution in [2.45, 2.75) is 26.9 Å². The van der Waals surface area contributed by atoms with E-state index in [-0.39, 0.29) is 5.91 Å². The number of halogens is 1. The fraction of sp³-hybridized carbons (Fsp3) is 0.235. The van der Waals surface area contributed by atoms with Crippen molar-refractivity contribution in [3.8, 4) is 0 Å². The Morgan fingerprint density at radius 2 is 2.04 bits per heavy atom. The Labute approximate surface area is 148 Å². The molecular weight excluding hydrogens is 370 g/mol. The van der Waals surface area contributed by atoms with Crippen molar-refractivity contribution < 1.29 is 4.79 Å². The van der Waals surface area contributed by atoms with E-state index in [9.17, 15) is 4.79 Å². The molecule has 2 heterocycles. The number of aromatic nitrogens is 4. The second-order valence-corrected chi connectivity index (χ2v) is 6.34. The lowest BCUT2D eigenvalue weighted by Gasteiger charge is -2.05. The SMILES string of the molecule is CCn1cc(Br)c(C(=O)Nc2cnn(Cc3ccccc3C)c2)n1. The quantitative estimate of drug-likeness (QED) is 0.728. The molecule has 24 heavy (non-hydrogen) atoms. The minimum atomic E-state index is -0.260. The smallest absolute Gasteiger partial charge is 0.277 e. The van der Waals surface area contributed by atoms with Crippen LogP contribution in [0.15, 0.2) is 47.3 Å². The molecule has 0 atom stereocenters. The van der Waals surface area contributed by atoms with E-state index in [4.69, 9.17) is 0 Å². The first-order chi connectivity index (χ1) is 11.6. The van der Waals surface area contributed by atoms with Gasteiger partial charge in [0.2, 0.25) is 0 Å². The molecule has 7 heteroatoms. The Morgan fingerprint density at radius 1 is 1.25 bits per heavy atom. The molecule has 0 aliphatic heterocycles. The molecule has 6 nitrogen and oxygen atoms in total. The summed E-state index contributed by atoms with van der Waals surface area (Å²) in [5.74, 6) is -0.260. The summed E-state index contributed by atoms with van der Waals surface area (Å²) in [6.07, 6.45) is 5.24. The number of rotatable bonds is 5. The van der Waals surface area contributed by atoms with Crippen LogP contribution in [0.1, 0.15) is 28.5 Å². The summed E-state index contributed by atoms with van der Waals surface area (Å²) in [5.41, 5.74) is 3.42. The standard InChI is InChI=1S/C17H18BrN5O/c1-3-22-11-15(18)16(21-22)17(24)20-14-8-19-23(10-14)9-13-7-5-4-6-12(13)2/h4-8,10-11H,3,9H2,1-2H3,(H,20,24). The number of carbonyl (C=O) groups is 1. The molecule has 124 valence electrons. The normalized spacial score (nSPS) is 10.8. The van der Waals surface area contributed by atoms with Crippen LogP contribution in [0.5, 0.6) is 0 Å². The highest BCUT2D eigenvalue weighted by atomic mass is 79.9. The van der Waals surface area contributed by atoms with Crippen LogP contribution in [0, 0.1) is 6.92 Å². The summed E-state index contributed by atoms with van der Waals surface area (Å²) < 4.78 is 4.19. The number of hydrogen-bond donors (Lipinski definition) is 1. The molecule has 0 fully saturated rings. The number of nitrogens with zero attached hydrogens (tertiary/aromatic N) is 4. The average Bonchev–Trinajstić information content (AvgIpc) is 3.16. The Kier molecular flexibility index (Phi) is 4.80. The van der Waals surface area contributed by atoms with E-state index in [2.05, 4.69) is 50.5 Å². The van der Waals surface area contributed by atoms with Gasteiger partial charge in [-0.2, -0.15) is 10.2 Å². The van der Waals surface area contributed by atoms with E-state index in [1.807, 2.05) is 25.3 Å². The van der Waals surface area contributed by atoms with E-state index in [1.165, 1.54) is 11.1 Å². The predicted octanol–water partition coefficient (Wildman–Crippen LogP) is 3.47. The Balaban J connectivity index is 1.70. The first-order valence-corrected chi connectivity index (χ1v) is 8.47. The zero-order valence-corrected chi connectivity index (χ0v) is 15.1. The lowest BCUT2D eigenvalue weighted by molar-refractivity contribution is 0.102. The molecular formula is C17H18BrN5O. The molecule has 0 unspecified atom stereocenters. The summed E-state index contributed by atoms with van der Waals surface area (Å²) in [4.78, 5) is 12.3. The van der Waals surface area contributed by atoms with Crippen molar-refractivity contribution >= 4 is 27.5 Å². The molecule has 3 rings (SSSR count). The first kappa shape index (κ1) is 16.4. The fourth-order valence-corrected chi connectivity index (χ4v) is 2.88. The second kappa shape index (κ2) is 7.00. The molecule has 0 saturated carbocycles. The van der Waals surface area contributed by atoms with E-state index >= 15 is 0 Å². The van der Waals surface area contributed by atoms with Gasteiger partial charge < -0.3 is 5.32 Å². The van der Waals surface area contributed by atoms with Crippen LogP contribution < -0.4 is 5.32 Å². The second-order valence-electron chi connectivity index (χ2n) is 5.49. The Morgan fingerprint density at radius 3 is 2.75 bits per heavy atom. The molecule has 0 bridgehead atoms. The highest BCUT2D eigenvalue weighted by molar-refractivity contribution is 9.10. The molecule has 0 spiro atoms. The van der Waals surface area contributed by atoms with E-state index in [0.717, 1.165) is 0 Å². The van der Waals surface area contributed by atoms with E-state index < -0.39 is 0 Å². The molecule has 1 aromatic carbocycles. The third kappa shape index (κ3) is 3.56. The number of anilines is 1. The summed E-state index contributed by atoms with van der Waals surface area (Å²) in [6, 6.07) is 8.17. The zero-order valence-electron chi connectivity index (χ0n) is 13.5. The summed E-state index contributed by atoms with van der Waals surface area (Å²) >= 11 is 3.36. The van der Waals surface area contributed by atoms with Gasteiger partial charge in [0.05, 0.1) is 22.9 Å². The lowest BCUT2D eigenvalue weighted by Crippen LogP contribution is -2.13. The van der Waals surface area contributed by atoms with E-state index in [1.54, 1.807) is 21.8 Å². The zero-order chi connectivity index (χ0) is 17.1. The van der Waals surface area contributed by atoms with Crippen molar-refractivity contribution in [1.82, 2.24) is 19.6 Å². The topological polar surface area (TPSA) is 64.7 Å². The highest BCUT2D eigenvalue weighted by Crippen LogP contribution is 2.17. The number of carbonyl (C=O) groups excluding carboxylic acids is 1. The molecule has 1 amide bonds. The molecule has 0 aliphatic carbocycles. The first-order valence-electron chi connectivity index (χ1n) is 7.68. The van der Waals surface area contributed by atoms with Gasteiger partial charge >= 0.3 is 0 Å². The number of amides is 1. The molecule has 2 aromatic heterocycles. The van der Waals surface area contributed by atoms with Crippen LogP contribution in [-0.2, 0) is 13.1 Å². The lowest BCUT2D eigenvalue weighted by atomic mass is 10.1. The number of nitrogens with one attached hydrogen (secondary N) is 1. The summed E-state index contributed by atoms with van der Waals surface area (Å²) in [5, 5.41) is 11.4. The van der Waals surface area contributed by atoms with Crippen LogP contribution in [0.4, 0.5) is 5.69 Å². The Hall–Kier alpha value is -2.41. The summed E-state index contributed by atoms with van der Waals surface area (Å²) in [6.45, 7) is 5.41. The van der Waals surface area contributed by atoms with E-state index in [0.29, 0.717) is 28.9 Å². The maximum absolute atomic E-state index is 12.3. The van der Waals surface area contributed by atoms with Gasteiger partial charge in [0.1, 0.15) is 0 Å². The Bertz CT molecular complexity index is 868. The number of aryl methyl sites for hydroxylation is 2. The fourth-order valence-electron chi connectivity index (χ4n) is 2.38. The van der Waals surface area contributed by atoms with Crippen LogP contribution in [0.3, 0.4) is 0 Å². The van der Waals surface area contributed by atoms with Gasteiger partial charge in [0, 0.05) is 18.9 Å². The molecule has 0 saturated heterocycles. The molecule has 1 N–H and O–H groups in total. The molecule has 3 aromatic rings. The van der Waals surface area contributed by atoms with Gasteiger partial charge in [0.15, 0.2) is 5.69 Å². The van der Waals surface area contributed by atoms with Crippen LogP contribution in [-0.4, -0.2) is 25.5 Å². The van der Waals surface area contributed by atoms with Gasteiger partial charge in [-0.15, -0.1) is 0 Å². The minimum absolute atomic E-state index is 0.260. The maximum atomic E-state index is 12.3. The average molecular weight is 388 g/mol. The van der Waals surface area contributed by atoms with Crippen molar-refractivity contribution in [3.63, 3.8) is 0 Å². The van der Waals surface area contributed by atoms with Gasteiger partial charge in [-0.05, 0) is 40.9 Å². The van der Waals surface area contributed by atoms with Crippen LogP contribution in [0.2, 0.25) is 0 Å².